The maximum atomic E-state index is 12.2. The van der Waals surface area contributed by atoms with Crippen LogP contribution in [0.25, 0.3) is 0 Å². The molecule has 23 heavy (non-hydrogen) atoms. The molecular weight excluding hydrogens is 314 g/mol. The van der Waals surface area contributed by atoms with E-state index in [0.29, 0.717) is 17.9 Å². The highest BCUT2D eigenvalue weighted by molar-refractivity contribution is 8.00. The third-order valence-corrected chi connectivity index (χ3v) is 4.26. The number of carbonyl (C=O) groups excluding carboxylic acids is 2. The number of aromatic nitrogens is 2. The van der Waals surface area contributed by atoms with Gasteiger partial charge in [-0.2, -0.15) is 0 Å². The summed E-state index contributed by atoms with van der Waals surface area (Å²) in [5.41, 5.74) is 1.09. The minimum Gasteiger partial charge on any atom is -0.462 e. The molecule has 0 radical (unpaired) electrons. The molecule has 1 heterocycles. The summed E-state index contributed by atoms with van der Waals surface area (Å²) < 4.78 is 6.78. The van der Waals surface area contributed by atoms with Gasteiger partial charge in [0.25, 0.3) is 0 Å². The standard InChI is InChI=1S/C16H19N3O3S/c1-4-22-15(21)12-5-7-13(8-6-12)18-14(20)11(2)23-16-17-9-10-19(16)3/h5-11H,4H2,1-3H3,(H,18,20). The van der Waals surface area contributed by atoms with E-state index >= 15 is 0 Å². The lowest BCUT2D eigenvalue weighted by Gasteiger charge is -2.12. The van der Waals surface area contributed by atoms with Gasteiger partial charge in [-0.1, -0.05) is 11.8 Å². The van der Waals surface area contributed by atoms with Crippen LogP contribution in [0.4, 0.5) is 5.69 Å². The van der Waals surface area contributed by atoms with Crippen LogP contribution in [0.15, 0.2) is 41.8 Å². The zero-order valence-corrected chi connectivity index (χ0v) is 14.1. The molecule has 0 aliphatic carbocycles. The highest BCUT2D eigenvalue weighted by Gasteiger charge is 2.17. The number of nitrogens with one attached hydrogen (secondary N) is 1. The highest BCUT2D eigenvalue weighted by Crippen LogP contribution is 2.22. The first-order chi connectivity index (χ1) is 11.0. The van der Waals surface area contributed by atoms with Gasteiger partial charge >= 0.3 is 5.97 Å². The average molecular weight is 333 g/mol. The molecule has 1 aromatic heterocycles. The third kappa shape index (κ3) is 4.59. The molecule has 0 saturated carbocycles. The largest absolute Gasteiger partial charge is 0.462 e. The molecule has 122 valence electrons. The summed E-state index contributed by atoms with van der Waals surface area (Å²) in [7, 11) is 1.88. The third-order valence-electron chi connectivity index (χ3n) is 3.09. The summed E-state index contributed by atoms with van der Waals surface area (Å²) in [6, 6.07) is 6.62. The summed E-state index contributed by atoms with van der Waals surface area (Å²) >= 11 is 1.38. The van der Waals surface area contributed by atoms with Gasteiger partial charge in [-0.15, -0.1) is 0 Å². The molecule has 1 aromatic carbocycles. The first kappa shape index (κ1) is 17.1. The Hall–Kier alpha value is -2.28. The Labute approximate surface area is 139 Å². The Kier molecular flexibility index (Phi) is 5.81. The van der Waals surface area contributed by atoms with Crippen LogP contribution in [-0.2, 0) is 16.6 Å². The smallest absolute Gasteiger partial charge is 0.338 e. The fourth-order valence-electron chi connectivity index (χ4n) is 1.83. The fraction of sp³-hybridized carbons (Fsp3) is 0.312. The second-order valence-electron chi connectivity index (χ2n) is 4.87. The van der Waals surface area contributed by atoms with Gasteiger partial charge in [0.1, 0.15) is 0 Å². The van der Waals surface area contributed by atoms with Crippen molar-refractivity contribution in [3.05, 3.63) is 42.2 Å². The van der Waals surface area contributed by atoms with Crippen LogP contribution < -0.4 is 5.32 Å². The van der Waals surface area contributed by atoms with Crippen molar-refractivity contribution in [2.24, 2.45) is 7.05 Å². The number of esters is 1. The van der Waals surface area contributed by atoms with Crippen molar-refractivity contribution in [3.8, 4) is 0 Å². The second-order valence-corrected chi connectivity index (χ2v) is 6.18. The lowest BCUT2D eigenvalue weighted by molar-refractivity contribution is -0.115. The molecule has 0 fully saturated rings. The minimum atomic E-state index is -0.371. The molecule has 0 aliphatic heterocycles. The number of ether oxygens (including phenoxy) is 1. The van der Waals surface area contributed by atoms with E-state index in [2.05, 4.69) is 10.3 Å². The number of aryl methyl sites for hydroxylation is 1. The van der Waals surface area contributed by atoms with Crippen LogP contribution in [0.5, 0.6) is 0 Å². The van der Waals surface area contributed by atoms with E-state index in [1.807, 2.05) is 24.7 Å². The lowest BCUT2D eigenvalue weighted by atomic mass is 10.2. The van der Waals surface area contributed by atoms with Gasteiger partial charge < -0.3 is 14.6 Å². The molecule has 0 spiro atoms. The van der Waals surface area contributed by atoms with Gasteiger partial charge in [0.2, 0.25) is 5.91 Å². The number of anilines is 1. The van der Waals surface area contributed by atoms with E-state index < -0.39 is 0 Å². The van der Waals surface area contributed by atoms with Gasteiger partial charge in [0.05, 0.1) is 17.4 Å². The van der Waals surface area contributed by atoms with Crippen molar-refractivity contribution < 1.29 is 14.3 Å². The SMILES string of the molecule is CCOC(=O)c1ccc(NC(=O)C(C)Sc2nccn2C)cc1. The summed E-state index contributed by atoms with van der Waals surface area (Å²) in [5.74, 6) is -0.494. The molecule has 0 saturated heterocycles. The summed E-state index contributed by atoms with van der Waals surface area (Å²) in [5, 5.41) is 3.31. The van der Waals surface area contributed by atoms with E-state index in [1.165, 1.54) is 11.8 Å². The number of benzene rings is 1. The first-order valence-corrected chi connectivity index (χ1v) is 8.11. The molecule has 1 atom stereocenters. The van der Waals surface area contributed by atoms with Gasteiger partial charge in [0, 0.05) is 25.1 Å². The van der Waals surface area contributed by atoms with Crippen LogP contribution in [0.1, 0.15) is 24.2 Å². The van der Waals surface area contributed by atoms with Crippen molar-refractivity contribution in [1.29, 1.82) is 0 Å². The number of nitrogens with zero attached hydrogens (tertiary/aromatic N) is 2. The van der Waals surface area contributed by atoms with Crippen LogP contribution >= 0.6 is 11.8 Å². The monoisotopic (exact) mass is 333 g/mol. The van der Waals surface area contributed by atoms with Crippen LogP contribution in [0.3, 0.4) is 0 Å². The Balaban J connectivity index is 1.94. The highest BCUT2D eigenvalue weighted by atomic mass is 32.2. The maximum Gasteiger partial charge on any atom is 0.338 e. The average Bonchev–Trinajstić information content (AvgIpc) is 2.93. The van der Waals surface area contributed by atoms with Crippen molar-refractivity contribution in [2.75, 3.05) is 11.9 Å². The predicted molar refractivity (Wildman–Crippen MR) is 89.6 cm³/mol. The van der Waals surface area contributed by atoms with Crippen LogP contribution in [-0.4, -0.2) is 33.3 Å². The van der Waals surface area contributed by atoms with Crippen molar-refractivity contribution in [3.63, 3.8) is 0 Å². The van der Waals surface area contributed by atoms with Crippen LogP contribution in [0.2, 0.25) is 0 Å². The lowest BCUT2D eigenvalue weighted by Crippen LogP contribution is -2.22. The number of carbonyl (C=O) groups is 2. The fourth-order valence-corrected chi connectivity index (χ4v) is 2.66. The zero-order valence-electron chi connectivity index (χ0n) is 13.3. The molecule has 0 aliphatic rings. The van der Waals surface area contributed by atoms with E-state index in [9.17, 15) is 9.59 Å². The molecular formula is C16H19N3O3S. The van der Waals surface area contributed by atoms with Crippen molar-refractivity contribution in [2.45, 2.75) is 24.3 Å². The molecule has 2 aromatic rings. The number of hydrogen-bond acceptors (Lipinski definition) is 5. The first-order valence-electron chi connectivity index (χ1n) is 7.23. The number of imidazole rings is 1. The number of rotatable bonds is 6. The van der Waals surface area contributed by atoms with Gasteiger partial charge in [0.15, 0.2) is 5.16 Å². The van der Waals surface area contributed by atoms with E-state index in [-0.39, 0.29) is 17.1 Å². The van der Waals surface area contributed by atoms with Gasteiger partial charge in [-0.25, -0.2) is 9.78 Å². The van der Waals surface area contributed by atoms with Crippen LogP contribution in [0, 0.1) is 0 Å². The van der Waals surface area contributed by atoms with E-state index in [4.69, 9.17) is 4.74 Å². The van der Waals surface area contributed by atoms with Crippen molar-refractivity contribution >= 4 is 29.3 Å². The normalized spacial score (nSPS) is 11.8. The number of thioether (sulfide) groups is 1. The molecule has 0 bridgehead atoms. The molecule has 1 N–H and O–H groups in total. The predicted octanol–water partition coefficient (Wildman–Crippen LogP) is 2.72. The summed E-state index contributed by atoms with van der Waals surface area (Å²) in [4.78, 5) is 28.0. The summed E-state index contributed by atoms with van der Waals surface area (Å²) in [6.07, 6.45) is 3.53. The molecule has 6 nitrogen and oxygen atoms in total. The molecule has 1 unspecified atom stereocenters. The Morgan fingerprint density at radius 1 is 1.35 bits per heavy atom. The Bertz CT molecular complexity index is 682. The van der Waals surface area contributed by atoms with Crippen molar-refractivity contribution in [1.82, 2.24) is 9.55 Å². The Morgan fingerprint density at radius 2 is 2.04 bits per heavy atom. The zero-order chi connectivity index (χ0) is 16.8. The topological polar surface area (TPSA) is 73.2 Å². The molecule has 2 rings (SSSR count). The Morgan fingerprint density at radius 3 is 2.61 bits per heavy atom. The second kappa shape index (κ2) is 7.82. The molecule has 1 amide bonds. The van der Waals surface area contributed by atoms with E-state index in [0.717, 1.165) is 5.16 Å². The minimum absolute atomic E-state index is 0.123. The summed E-state index contributed by atoms with van der Waals surface area (Å²) in [6.45, 7) is 3.91. The number of amides is 1. The number of hydrogen-bond donors (Lipinski definition) is 1. The molecule has 7 heteroatoms. The van der Waals surface area contributed by atoms with Gasteiger partial charge in [-0.05, 0) is 38.1 Å². The van der Waals surface area contributed by atoms with Gasteiger partial charge in [-0.3, -0.25) is 4.79 Å². The maximum absolute atomic E-state index is 12.2. The van der Waals surface area contributed by atoms with E-state index in [1.54, 1.807) is 37.4 Å². The quantitative estimate of drug-likeness (QED) is 0.650.